The van der Waals surface area contributed by atoms with E-state index in [9.17, 15) is 0 Å². The second-order valence-electron chi connectivity index (χ2n) is 6.32. The Morgan fingerprint density at radius 2 is 2.07 bits per heavy atom. The molecule has 27 heavy (non-hydrogen) atoms. The minimum Gasteiger partial charge on any atom is -0.497 e. The number of anilines is 2. The second-order valence-corrected chi connectivity index (χ2v) is 6.73. The standard InChI is InChI=1S/C19H24ClN5O2/c1-5-12(10-26-3)22-19-11(2)18(21)23-17-9-16(24-25(17)19)14-7-6-13(27-4)8-15(14)20/h6-9,12,22H,5,10H2,1-4H3,(H2,21,23)/t12-/m1/s1. The van der Waals surface area contributed by atoms with Gasteiger partial charge in [0, 0.05) is 24.3 Å². The lowest BCUT2D eigenvalue weighted by Crippen LogP contribution is -2.26. The summed E-state index contributed by atoms with van der Waals surface area (Å²) in [5, 5.41) is 8.76. The van der Waals surface area contributed by atoms with Gasteiger partial charge in [-0.15, -0.1) is 0 Å². The van der Waals surface area contributed by atoms with E-state index in [0.717, 1.165) is 23.4 Å². The molecule has 144 valence electrons. The van der Waals surface area contributed by atoms with Crippen LogP contribution in [0.25, 0.3) is 16.9 Å². The summed E-state index contributed by atoms with van der Waals surface area (Å²) < 4.78 is 12.3. The van der Waals surface area contributed by atoms with Crippen LogP contribution in [0.5, 0.6) is 5.75 Å². The summed E-state index contributed by atoms with van der Waals surface area (Å²) in [6.07, 6.45) is 0.898. The van der Waals surface area contributed by atoms with Crippen molar-refractivity contribution in [3.05, 3.63) is 34.9 Å². The Labute approximate surface area is 163 Å². The molecule has 0 aliphatic rings. The van der Waals surface area contributed by atoms with Crippen molar-refractivity contribution in [2.75, 3.05) is 31.9 Å². The zero-order chi connectivity index (χ0) is 19.6. The number of nitrogens with zero attached hydrogens (tertiary/aromatic N) is 3. The van der Waals surface area contributed by atoms with Crippen LogP contribution in [0.3, 0.4) is 0 Å². The molecular weight excluding hydrogens is 366 g/mol. The van der Waals surface area contributed by atoms with Gasteiger partial charge in [0.05, 0.1) is 30.5 Å². The van der Waals surface area contributed by atoms with Gasteiger partial charge in [0.15, 0.2) is 5.65 Å². The number of nitrogens with two attached hydrogens (primary N) is 1. The van der Waals surface area contributed by atoms with Gasteiger partial charge in [0.2, 0.25) is 0 Å². The molecule has 0 fully saturated rings. The average Bonchev–Trinajstić information content (AvgIpc) is 3.07. The summed E-state index contributed by atoms with van der Waals surface area (Å²) in [6.45, 7) is 4.60. The molecule has 0 radical (unpaired) electrons. The molecule has 0 saturated carbocycles. The number of methoxy groups -OCH3 is 2. The molecule has 0 aliphatic carbocycles. The van der Waals surface area contributed by atoms with Gasteiger partial charge < -0.3 is 20.5 Å². The Kier molecular flexibility index (Phi) is 5.72. The van der Waals surface area contributed by atoms with Crippen molar-refractivity contribution >= 4 is 28.9 Å². The van der Waals surface area contributed by atoms with E-state index in [4.69, 9.17) is 31.9 Å². The largest absolute Gasteiger partial charge is 0.497 e. The quantitative estimate of drug-likeness (QED) is 0.639. The van der Waals surface area contributed by atoms with Crippen molar-refractivity contribution in [3.8, 4) is 17.0 Å². The van der Waals surface area contributed by atoms with Crippen LogP contribution in [0.2, 0.25) is 5.02 Å². The highest BCUT2D eigenvalue weighted by molar-refractivity contribution is 6.33. The van der Waals surface area contributed by atoms with Gasteiger partial charge in [0.1, 0.15) is 17.4 Å². The Hall–Kier alpha value is -2.51. The fourth-order valence-electron chi connectivity index (χ4n) is 2.89. The van der Waals surface area contributed by atoms with E-state index in [2.05, 4.69) is 17.2 Å². The fourth-order valence-corrected chi connectivity index (χ4v) is 3.16. The summed E-state index contributed by atoms with van der Waals surface area (Å²) in [7, 11) is 3.29. The monoisotopic (exact) mass is 389 g/mol. The number of benzene rings is 1. The summed E-state index contributed by atoms with van der Waals surface area (Å²) in [4.78, 5) is 4.46. The molecule has 3 aromatic rings. The van der Waals surface area contributed by atoms with Crippen LogP contribution in [0, 0.1) is 6.92 Å². The summed E-state index contributed by atoms with van der Waals surface area (Å²) in [5.74, 6) is 1.96. The molecule has 1 atom stereocenters. The summed E-state index contributed by atoms with van der Waals surface area (Å²) in [6, 6.07) is 7.50. The number of aromatic nitrogens is 3. The van der Waals surface area contributed by atoms with E-state index < -0.39 is 0 Å². The Morgan fingerprint density at radius 1 is 1.30 bits per heavy atom. The van der Waals surface area contributed by atoms with Crippen molar-refractivity contribution < 1.29 is 9.47 Å². The number of nitrogens with one attached hydrogen (secondary N) is 1. The van der Waals surface area contributed by atoms with Crippen LogP contribution >= 0.6 is 11.6 Å². The van der Waals surface area contributed by atoms with Crippen molar-refractivity contribution in [3.63, 3.8) is 0 Å². The second kappa shape index (κ2) is 8.02. The fraction of sp³-hybridized carbons (Fsp3) is 0.368. The first kappa shape index (κ1) is 19.3. The zero-order valence-corrected chi connectivity index (χ0v) is 16.7. The van der Waals surface area contributed by atoms with Crippen molar-refractivity contribution in [2.24, 2.45) is 0 Å². The van der Waals surface area contributed by atoms with E-state index in [1.54, 1.807) is 24.8 Å². The van der Waals surface area contributed by atoms with E-state index >= 15 is 0 Å². The molecule has 8 heteroatoms. The van der Waals surface area contributed by atoms with Gasteiger partial charge in [-0.05, 0) is 31.5 Å². The molecule has 0 spiro atoms. The molecule has 3 rings (SSSR count). The first-order valence-corrected chi connectivity index (χ1v) is 9.11. The maximum absolute atomic E-state index is 6.41. The van der Waals surface area contributed by atoms with Crippen molar-refractivity contribution in [2.45, 2.75) is 26.3 Å². The first-order chi connectivity index (χ1) is 13.0. The smallest absolute Gasteiger partial charge is 0.160 e. The van der Waals surface area contributed by atoms with E-state index in [1.165, 1.54) is 0 Å². The normalized spacial score (nSPS) is 12.3. The van der Waals surface area contributed by atoms with Crippen LogP contribution in [0.4, 0.5) is 11.6 Å². The Morgan fingerprint density at radius 3 is 2.70 bits per heavy atom. The molecule has 1 aromatic carbocycles. The molecule has 3 N–H and O–H groups in total. The molecule has 2 aromatic heterocycles. The lowest BCUT2D eigenvalue weighted by atomic mass is 10.1. The van der Waals surface area contributed by atoms with Gasteiger partial charge in [-0.2, -0.15) is 9.61 Å². The lowest BCUT2D eigenvalue weighted by Gasteiger charge is -2.20. The minimum absolute atomic E-state index is 0.135. The molecule has 0 amide bonds. The third kappa shape index (κ3) is 3.79. The van der Waals surface area contributed by atoms with Crippen molar-refractivity contribution in [1.82, 2.24) is 14.6 Å². The third-order valence-corrected chi connectivity index (χ3v) is 4.84. The van der Waals surface area contributed by atoms with Gasteiger partial charge >= 0.3 is 0 Å². The zero-order valence-electron chi connectivity index (χ0n) is 15.9. The predicted octanol–water partition coefficient (Wildman–Crippen LogP) is 3.79. The number of halogens is 1. The third-order valence-electron chi connectivity index (χ3n) is 4.53. The van der Waals surface area contributed by atoms with Gasteiger partial charge in [-0.25, -0.2) is 4.98 Å². The van der Waals surface area contributed by atoms with Crippen LogP contribution in [-0.4, -0.2) is 41.5 Å². The van der Waals surface area contributed by atoms with Crippen LogP contribution in [-0.2, 0) is 4.74 Å². The van der Waals surface area contributed by atoms with E-state index in [-0.39, 0.29) is 6.04 Å². The maximum atomic E-state index is 6.41. The average molecular weight is 390 g/mol. The summed E-state index contributed by atoms with van der Waals surface area (Å²) >= 11 is 6.41. The molecule has 7 nitrogen and oxygen atoms in total. The van der Waals surface area contributed by atoms with Gasteiger partial charge in [0.25, 0.3) is 0 Å². The number of nitrogen functional groups attached to an aromatic ring is 1. The van der Waals surface area contributed by atoms with Gasteiger partial charge in [-0.1, -0.05) is 18.5 Å². The maximum Gasteiger partial charge on any atom is 0.160 e. The Balaban J connectivity index is 2.10. The molecule has 2 heterocycles. The highest BCUT2D eigenvalue weighted by Gasteiger charge is 2.17. The number of fused-ring (bicyclic) bond motifs is 1. The SMILES string of the molecule is CC[C@H](COC)Nc1c(C)c(N)nc2cc(-c3ccc(OC)cc3Cl)nn12. The molecule has 0 aliphatic heterocycles. The van der Waals surface area contributed by atoms with E-state index in [0.29, 0.717) is 34.5 Å². The van der Waals surface area contributed by atoms with E-state index in [1.807, 2.05) is 25.1 Å². The molecule has 0 saturated heterocycles. The van der Waals surface area contributed by atoms with Crippen LogP contribution in [0.1, 0.15) is 18.9 Å². The number of hydrogen-bond donors (Lipinski definition) is 2. The van der Waals surface area contributed by atoms with Crippen molar-refractivity contribution in [1.29, 1.82) is 0 Å². The topological polar surface area (TPSA) is 86.7 Å². The Bertz CT molecular complexity index is 957. The summed E-state index contributed by atoms with van der Waals surface area (Å²) in [5.41, 5.74) is 9.13. The van der Waals surface area contributed by atoms with Gasteiger partial charge in [-0.3, -0.25) is 0 Å². The number of ether oxygens (including phenoxy) is 2. The predicted molar refractivity (Wildman–Crippen MR) is 109 cm³/mol. The minimum atomic E-state index is 0.135. The highest BCUT2D eigenvalue weighted by atomic mass is 35.5. The van der Waals surface area contributed by atoms with Crippen LogP contribution < -0.4 is 15.8 Å². The highest BCUT2D eigenvalue weighted by Crippen LogP contribution is 2.32. The number of rotatable bonds is 7. The molecule has 0 bridgehead atoms. The number of hydrogen-bond acceptors (Lipinski definition) is 6. The first-order valence-electron chi connectivity index (χ1n) is 8.73. The molecule has 0 unspecified atom stereocenters. The molecular formula is C19H24ClN5O2. The lowest BCUT2D eigenvalue weighted by molar-refractivity contribution is 0.184. The van der Waals surface area contributed by atoms with Crippen LogP contribution in [0.15, 0.2) is 24.3 Å².